The highest BCUT2D eigenvalue weighted by molar-refractivity contribution is 7.92. The monoisotopic (exact) mass is 417 g/mol. The number of halogens is 1. The second-order valence-corrected chi connectivity index (χ2v) is 8.93. The number of benzene rings is 2. The van der Waals surface area contributed by atoms with E-state index in [1.54, 1.807) is 36.4 Å². The number of hydrogen-bond donors (Lipinski definition) is 2. The maximum atomic E-state index is 13.0. The van der Waals surface area contributed by atoms with Crippen molar-refractivity contribution in [2.75, 3.05) is 10.0 Å². The number of aromatic nitrogens is 1. The third kappa shape index (κ3) is 4.20. The maximum Gasteiger partial charge on any atom is 0.280 e. The molecule has 1 aliphatic carbocycles. The van der Waals surface area contributed by atoms with E-state index in [0.29, 0.717) is 21.9 Å². The molecule has 6 nitrogen and oxygen atoms in total. The topological polar surface area (TPSA) is 88.2 Å². The van der Waals surface area contributed by atoms with E-state index in [0.717, 1.165) is 24.2 Å². The van der Waals surface area contributed by atoms with Gasteiger partial charge in [0.25, 0.3) is 10.0 Å². The van der Waals surface area contributed by atoms with Gasteiger partial charge in [0, 0.05) is 22.5 Å². The molecule has 0 aliphatic heterocycles. The Bertz CT molecular complexity index is 1120. The normalized spacial score (nSPS) is 13.9. The Morgan fingerprint density at radius 2 is 1.82 bits per heavy atom. The molecule has 28 heavy (non-hydrogen) atoms. The maximum absolute atomic E-state index is 13.0. The molecule has 1 aromatic heterocycles. The van der Waals surface area contributed by atoms with Gasteiger partial charge >= 0.3 is 0 Å². The van der Waals surface area contributed by atoms with E-state index < -0.39 is 10.0 Å². The summed E-state index contributed by atoms with van der Waals surface area (Å²) in [6, 6.07) is 12.2. The van der Waals surface area contributed by atoms with Crippen LogP contribution in [0.2, 0.25) is 0 Å². The van der Waals surface area contributed by atoms with Gasteiger partial charge in [-0.3, -0.25) is 9.52 Å². The smallest absolute Gasteiger partial charge is 0.280 e. The third-order valence-corrected chi connectivity index (χ3v) is 6.48. The summed E-state index contributed by atoms with van der Waals surface area (Å²) in [5.41, 5.74) is 1.49. The van der Waals surface area contributed by atoms with Crippen LogP contribution in [0.15, 0.2) is 58.9 Å². The minimum atomic E-state index is -3.90. The lowest BCUT2D eigenvalue weighted by Gasteiger charge is -2.09. The summed E-state index contributed by atoms with van der Waals surface area (Å²) >= 11 is 1.16. The van der Waals surface area contributed by atoms with Crippen LogP contribution < -0.4 is 10.0 Å². The molecule has 144 valence electrons. The Balaban J connectivity index is 1.51. The van der Waals surface area contributed by atoms with Gasteiger partial charge in [0.15, 0.2) is 5.03 Å². The third-order valence-electron chi connectivity index (χ3n) is 4.18. The van der Waals surface area contributed by atoms with Crippen molar-refractivity contribution in [3.63, 3.8) is 0 Å². The van der Waals surface area contributed by atoms with Crippen LogP contribution in [0.5, 0.6) is 0 Å². The van der Waals surface area contributed by atoms with E-state index in [1.807, 2.05) is 0 Å². The minimum Gasteiger partial charge on any atom is -0.326 e. The molecule has 0 spiro atoms. The number of nitrogens with zero attached hydrogens (tertiary/aromatic N) is 1. The molecule has 0 atom stereocenters. The van der Waals surface area contributed by atoms with Crippen molar-refractivity contribution in [2.24, 2.45) is 5.92 Å². The second-order valence-electron chi connectivity index (χ2n) is 6.45. The van der Waals surface area contributed by atoms with Gasteiger partial charge in [-0.2, -0.15) is 8.42 Å². The number of thiazole rings is 1. The number of hydrogen-bond acceptors (Lipinski definition) is 5. The van der Waals surface area contributed by atoms with Crippen LogP contribution in [-0.2, 0) is 14.8 Å². The Labute approximate surface area is 165 Å². The molecule has 1 aliphatic rings. The average molecular weight is 417 g/mol. The lowest BCUT2D eigenvalue weighted by molar-refractivity contribution is -0.117. The number of carbonyl (C=O) groups excluding carboxylic acids is 1. The fourth-order valence-electron chi connectivity index (χ4n) is 2.57. The molecule has 0 bridgehead atoms. The number of nitrogens with one attached hydrogen (secondary N) is 2. The van der Waals surface area contributed by atoms with Gasteiger partial charge in [0.05, 0.1) is 5.69 Å². The Morgan fingerprint density at radius 1 is 1.11 bits per heavy atom. The zero-order chi connectivity index (χ0) is 19.7. The van der Waals surface area contributed by atoms with Crippen molar-refractivity contribution in [2.45, 2.75) is 17.9 Å². The summed E-state index contributed by atoms with van der Waals surface area (Å²) in [6.45, 7) is 0. The van der Waals surface area contributed by atoms with Gasteiger partial charge in [0.1, 0.15) is 10.8 Å². The van der Waals surface area contributed by atoms with Crippen molar-refractivity contribution in [3.05, 3.63) is 59.7 Å². The van der Waals surface area contributed by atoms with Gasteiger partial charge in [-0.25, -0.2) is 9.37 Å². The van der Waals surface area contributed by atoms with Crippen LogP contribution in [0.4, 0.5) is 15.8 Å². The van der Waals surface area contributed by atoms with Crippen molar-refractivity contribution in [1.82, 2.24) is 4.98 Å². The van der Waals surface area contributed by atoms with Crippen LogP contribution in [0.25, 0.3) is 10.6 Å². The van der Waals surface area contributed by atoms with E-state index in [2.05, 4.69) is 15.0 Å². The first-order chi connectivity index (χ1) is 13.4. The van der Waals surface area contributed by atoms with Crippen LogP contribution in [0.3, 0.4) is 0 Å². The molecular weight excluding hydrogens is 401 g/mol. The first-order valence-corrected chi connectivity index (χ1v) is 10.9. The van der Waals surface area contributed by atoms with E-state index in [9.17, 15) is 17.6 Å². The first-order valence-electron chi connectivity index (χ1n) is 8.56. The van der Waals surface area contributed by atoms with Gasteiger partial charge in [-0.15, -0.1) is 11.3 Å². The van der Waals surface area contributed by atoms with Crippen LogP contribution in [0, 0.1) is 11.7 Å². The highest BCUT2D eigenvalue weighted by Crippen LogP contribution is 2.31. The molecule has 4 rings (SSSR count). The summed E-state index contributed by atoms with van der Waals surface area (Å²) in [4.78, 5) is 16.0. The lowest BCUT2D eigenvalue weighted by Crippen LogP contribution is -2.15. The van der Waals surface area contributed by atoms with Gasteiger partial charge in [-0.1, -0.05) is 6.07 Å². The molecule has 1 amide bonds. The van der Waals surface area contributed by atoms with E-state index in [4.69, 9.17) is 0 Å². The second kappa shape index (κ2) is 7.33. The minimum absolute atomic E-state index is 0.0524. The van der Waals surface area contributed by atoms with Crippen molar-refractivity contribution >= 4 is 38.6 Å². The van der Waals surface area contributed by atoms with Crippen LogP contribution in [-0.4, -0.2) is 19.3 Å². The Morgan fingerprint density at radius 3 is 2.54 bits per heavy atom. The Hall–Kier alpha value is -2.78. The average Bonchev–Trinajstić information content (AvgIpc) is 3.39. The lowest BCUT2D eigenvalue weighted by atomic mass is 10.2. The molecule has 1 heterocycles. The molecule has 1 saturated carbocycles. The van der Waals surface area contributed by atoms with Crippen molar-refractivity contribution < 1.29 is 17.6 Å². The summed E-state index contributed by atoms with van der Waals surface area (Å²) in [5, 5.41) is 4.57. The SMILES string of the molecule is O=C(Nc1cccc(NS(=O)(=O)c2csc(-c3ccc(F)cc3)n2)c1)C1CC1. The number of amides is 1. The predicted molar refractivity (Wildman–Crippen MR) is 106 cm³/mol. The molecule has 3 aromatic rings. The highest BCUT2D eigenvalue weighted by Gasteiger charge is 2.29. The fourth-order valence-corrected chi connectivity index (χ4v) is 4.72. The Kier molecular flexibility index (Phi) is 4.86. The molecule has 2 N–H and O–H groups in total. The zero-order valence-corrected chi connectivity index (χ0v) is 16.2. The number of anilines is 2. The largest absolute Gasteiger partial charge is 0.326 e. The van der Waals surface area contributed by atoms with Crippen molar-refractivity contribution in [3.8, 4) is 10.6 Å². The number of sulfonamides is 1. The van der Waals surface area contributed by atoms with Crippen LogP contribution in [0.1, 0.15) is 12.8 Å². The molecule has 2 aromatic carbocycles. The standard InChI is InChI=1S/C19H16FN3O3S2/c20-14-8-6-13(7-9-14)19-22-17(11-27-19)28(25,26)23-16-3-1-2-15(10-16)21-18(24)12-4-5-12/h1-3,6-12,23H,4-5H2,(H,21,24). The van der Waals surface area contributed by atoms with Gasteiger partial charge in [0.2, 0.25) is 5.91 Å². The van der Waals surface area contributed by atoms with E-state index >= 15 is 0 Å². The molecule has 0 radical (unpaired) electrons. The highest BCUT2D eigenvalue weighted by atomic mass is 32.2. The summed E-state index contributed by atoms with van der Waals surface area (Å²) in [6.07, 6.45) is 1.77. The quantitative estimate of drug-likeness (QED) is 0.632. The van der Waals surface area contributed by atoms with Crippen LogP contribution >= 0.6 is 11.3 Å². The number of carbonyl (C=O) groups is 1. The molecule has 9 heteroatoms. The fraction of sp³-hybridized carbons (Fsp3) is 0.158. The van der Waals surface area contributed by atoms with Gasteiger partial charge in [-0.05, 0) is 55.3 Å². The molecule has 1 fully saturated rings. The zero-order valence-electron chi connectivity index (χ0n) is 14.6. The van der Waals surface area contributed by atoms with E-state index in [-0.39, 0.29) is 22.7 Å². The first kappa shape index (κ1) is 18.6. The number of rotatable bonds is 6. The summed E-state index contributed by atoms with van der Waals surface area (Å²) in [5.74, 6) is -0.368. The molecule has 0 saturated heterocycles. The molecule has 0 unspecified atom stereocenters. The van der Waals surface area contributed by atoms with Gasteiger partial charge < -0.3 is 5.32 Å². The molecular formula is C19H16FN3O3S2. The predicted octanol–water partition coefficient (Wildman–Crippen LogP) is 4.10. The van der Waals surface area contributed by atoms with E-state index in [1.165, 1.54) is 17.5 Å². The summed E-state index contributed by atoms with van der Waals surface area (Å²) < 4.78 is 40.8. The summed E-state index contributed by atoms with van der Waals surface area (Å²) in [7, 11) is -3.90. The van der Waals surface area contributed by atoms with Crippen molar-refractivity contribution in [1.29, 1.82) is 0 Å².